The van der Waals surface area contributed by atoms with E-state index in [1.165, 1.54) is 5.41 Å². The number of sulfone groups is 1. The topological polar surface area (TPSA) is 66.4 Å². The van der Waals surface area contributed by atoms with E-state index in [4.69, 9.17) is 0 Å². The summed E-state index contributed by atoms with van der Waals surface area (Å²) in [6, 6.07) is -0.0607. The van der Waals surface area contributed by atoms with Crippen LogP contribution in [0.2, 0.25) is 0 Å². The van der Waals surface area contributed by atoms with Crippen LogP contribution in [0.15, 0.2) is 11.5 Å². The van der Waals surface area contributed by atoms with Crippen molar-refractivity contribution in [1.29, 1.82) is 0 Å². The molecule has 86 valence electrons. The van der Waals surface area contributed by atoms with Gasteiger partial charge in [-0.05, 0) is 12.8 Å². The van der Waals surface area contributed by atoms with Gasteiger partial charge >= 0.3 is 0 Å². The molecule has 1 heterocycles. The highest BCUT2D eigenvalue weighted by Gasteiger charge is 2.28. The molecule has 0 radical (unpaired) electrons. The first-order valence-electron chi connectivity index (χ1n) is 5.42. The Hall–Kier alpha value is -0.390. The molecule has 0 aromatic carbocycles. The molecule has 2 aliphatic rings. The van der Waals surface area contributed by atoms with Gasteiger partial charge < -0.3 is 10.4 Å². The molecular formula is C10H17NO3S. The second-order valence-electron chi connectivity index (χ2n) is 4.39. The first kappa shape index (κ1) is 11.1. The molecular weight excluding hydrogens is 214 g/mol. The van der Waals surface area contributed by atoms with Crippen LogP contribution in [-0.4, -0.2) is 37.5 Å². The number of aliphatic hydroxyl groups is 1. The maximum absolute atomic E-state index is 11.2. The normalized spacial score (nSPS) is 39.4. The van der Waals surface area contributed by atoms with Gasteiger partial charge in [0.05, 0.1) is 11.9 Å². The molecule has 15 heavy (non-hydrogen) atoms. The van der Waals surface area contributed by atoms with Crippen LogP contribution in [0.4, 0.5) is 0 Å². The monoisotopic (exact) mass is 231 g/mol. The summed E-state index contributed by atoms with van der Waals surface area (Å²) >= 11 is 0. The second-order valence-corrected chi connectivity index (χ2v) is 6.32. The number of aliphatic hydroxyl groups excluding tert-OH is 1. The summed E-state index contributed by atoms with van der Waals surface area (Å²) < 4.78 is 22.3. The summed E-state index contributed by atoms with van der Waals surface area (Å²) in [5, 5.41) is 14.2. The summed E-state index contributed by atoms with van der Waals surface area (Å²) in [4.78, 5) is 0. The van der Waals surface area contributed by atoms with Crippen molar-refractivity contribution in [2.24, 2.45) is 0 Å². The Bertz CT molecular complexity index is 350. The van der Waals surface area contributed by atoms with E-state index in [0.29, 0.717) is 0 Å². The average Bonchev–Trinajstić information content (AvgIpc) is 2.50. The first-order chi connectivity index (χ1) is 7.07. The summed E-state index contributed by atoms with van der Waals surface area (Å²) in [6.07, 6.45) is 5.29. The Balaban J connectivity index is 1.90. The van der Waals surface area contributed by atoms with E-state index in [2.05, 4.69) is 5.32 Å². The van der Waals surface area contributed by atoms with Crippen molar-refractivity contribution < 1.29 is 13.5 Å². The molecule has 3 unspecified atom stereocenters. The van der Waals surface area contributed by atoms with Crippen LogP contribution < -0.4 is 5.32 Å². The highest BCUT2D eigenvalue weighted by atomic mass is 32.2. The molecule has 0 aromatic rings. The van der Waals surface area contributed by atoms with E-state index in [1.807, 2.05) is 0 Å². The smallest absolute Gasteiger partial charge is 0.173 e. The van der Waals surface area contributed by atoms with Crippen LogP contribution in [0.1, 0.15) is 25.7 Å². The van der Waals surface area contributed by atoms with E-state index < -0.39 is 9.84 Å². The van der Waals surface area contributed by atoms with Crippen molar-refractivity contribution in [1.82, 2.24) is 5.32 Å². The van der Waals surface area contributed by atoms with E-state index in [9.17, 15) is 13.5 Å². The van der Waals surface area contributed by atoms with Gasteiger partial charge in [0.2, 0.25) is 0 Å². The Kier molecular flexibility index (Phi) is 3.13. The third-order valence-electron chi connectivity index (χ3n) is 3.09. The van der Waals surface area contributed by atoms with Gasteiger partial charge in [0, 0.05) is 17.5 Å². The average molecular weight is 231 g/mol. The molecule has 4 nitrogen and oxygen atoms in total. The zero-order valence-electron chi connectivity index (χ0n) is 8.59. The predicted octanol–water partition coefficient (Wildman–Crippen LogP) is 0.190. The highest BCUT2D eigenvalue weighted by molar-refractivity contribution is 7.94. The van der Waals surface area contributed by atoms with Gasteiger partial charge in [0.25, 0.3) is 0 Å². The zero-order valence-corrected chi connectivity index (χ0v) is 9.41. The van der Waals surface area contributed by atoms with Crippen molar-refractivity contribution in [3.63, 3.8) is 0 Å². The second kappa shape index (κ2) is 4.23. The SMILES string of the molecule is O=S1(=O)C=CC(NC2CCCCC2O)C1. The molecule has 3 atom stereocenters. The van der Waals surface area contributed by atoms with Gasteiger partial charge in [-0.2, -0.15) is 0 Å². The number of hydrogen-bond acceptors (Lipinski definition) is 4. The molecule has 0 saturated heterocycles. The molecule has 1 saturated carbocycles. The van der Waals surface area contributed by atoms with Crippen molar-refractivity contribution in [2.45, 2.75) is 43.9 Å². The van der Waals surface area contributed by atoms with Crippen molar-refractivity contribution in [3.05, 3.63) is 11.5 Å². The summed E-state index contributed by atoms with van der Waals surface area (Å²) in [5.74, 6) is 0.135. The predicted molar refractivity (Wildman–Crippen MR) is 58.1 cm³/mol. The molecule has 0 amide bonds. The molecule has 1 aliphatic carbocycles. The Morgan fingerprint density at radius 2 is 2.00 bits per heavy atom. The number of rotatable bonds is 2. The van der Waals surface area contributed by atoms with Crippen LogP contribution in [-0.2, 0) is 9.84 Å². The van der Waals surface area contributed by atoms with Gasteiger partial charge in [-0.3, -0.25) is 0 Å². The maximum Gasteiger partial charge on any atom is 0.173 e. The minimum absolute atomic E-state index is 0.0571. The van der Waals surface area contributed by atoms with Crippen molar-refractivity contribution in [2.75, 3.05) is 5.75 Å². The quantitative estimate of drug-likeness (QED) is 0.712. The lowest BCUT2D eigenvalue weighted by atomic mass is 9.92. The standard InChI is InChI=1S/C10H17NO3S/c12-10-4-2-1-3-9(10)11-8-5-6-15(13,14)7-8/h5-6,8-12H,1-4,7H2. The van der Waals surface area contributed by atoms with Crippen molar-refractivity contribution >= 4 is 9.84 Å². The molecule has 0 bridgehead atoms. The van der Waals surface area contributed by atoms with Crippen LogP contribution in [0.25, 0.3) is 0 Å². The van der Waals surface area contributed by atoms with Gasteiger partial charge in [0.1, 0.15) is 0 Å². The number of nitrogens with one attached hydrogen (secondary N) is 1. The molecule has 1 aliphatic heterocycles. The molecule has 5 heteroatoms. The van der Waals surface area contributed by atoms with Crippen LogP contribution in [0.5, 0.6) is 0 Å². The summed E-state index contributed by atoms with van der Waals surface area (Å²) in [6.45, 7) is 0. The lowest BCUT2D eigenvalue weighted by Crippen LogP contribution is -2.47. The van der Waals surface area contributed by atoms with E-state index >= 15 is 0 Å². The van der Waals surface area contributed by atoms with E-state index in [-0.39, 0.29) is 23.9 Å². The fourth-order valence-electron chi connectivity index (χ4n) is 2.26. The summed E-state index contributed by atoms with van der Waals surface area (Å²) in [5.41, 5.74) is 0. The van der Waals surface area contributed by atoms with Gasteiger partial charge in [0.15, 0.2) is 9.84 Å². The molecule has 1 fully saturated rings. The number of hydrogen-bond donors (Lipinski definition) is 2. The third-order valence-corrected chi connectivity index (χ3v) is 4.48. The Labute approximate surface area is 90.3 Å². The van der Waals surface area contributed by atoms with Gasteiger partial charge in [-0.25, -0.2) is 8.42 Å². The fraction of sp³-hybridized carbons (Fsp3) is 0.800. The van der Waals surface area contributed by atoms with Crippen LogP contribution in [0, 0.1) is 0 Å². The minimum Gasteiger partial charge on any atom is -0.392 e. The van der Waals surface area contributed by atoms with Crippen LogP contribution in [0.3, 0.4) is 0 Å². The van der Waals surface area contributed by atoms with E-state index in [1.54, 1.807) is 6.08 Å². The van der Waals surface area contributed by atoms with Crippen LogP contribution >= 0.6 is 0 Å². The zero-order chi connectivity index (χ0) is 10.9. The third kappa shape index (κ3) is 2.80. The van der Waals surface area contributed by atoms with Crippen molar-refractivity contribution in [3.8, 4) is 0 Å². The molecule has 0 aromatic heterocycles. The summed E-state index contributed by atoms with van der Waals surface area (Å²) in [7, 11) is -2.99. The molecule has 0 spiro atoms. The first-order valence-corrected chi connectivity index (χ1v) is 7.13. The molecule has 2 N–H and O–H groups in total. The fourth-order valence-corrected chi connectivity index (χ4v) is 3.51. The Morgan fingerprint density at radius 1 is 1.27 bits per heavy atom. The minimum atomic E-state index is -2.99. The highest BCUT2D eigenvalue weighted by Crippen LogP contribution is 2.20. The van der Waals surface area contributed by atoms with Gasteiger partial charge in [-0.15, -0.1) is 0 Å². The van der Waals surface area contributed by atoms with Gasteiger partial charge in [-0.1, -0.05) is 18.9 Å². The lowest BCUT2D eigenvalue weighted by molar-refractivity contribution is 0.0888. The largest absolute Gasteiger partial charge is 0.392 e. The Morgan fingerprint density at radius 3 is 2.60 bits per heavy atom. The van der Waals surface area contributed by atoms with E-state index in [0.717, 1.165) is 25.7 Å². The maximum atomic E-state index is 11.2. The molecule has 2 rings (SSSR count). The lowest BCUT2D eigenvalue weighted by Gasteiger charge is -2.30.